The zero-order valence-electron chi connectivity index (χ0n) is 15.4. The molecule has 3 rings (SSSR count). The lowest BCUT2D eigenvalue weighted by atomic mass is 9.82. The fourth-order valence-corrected chi connectivity index (χ4v) is 4.03. The van der Waals surface area contributed by atoms with Gasteiger partial charge in [-0.25, -0.2) is 0 Å². The molecule has 2 aromatic rings. The molecule has 0 radical (unpaired) electrons. The summed E-state index contributed by atoms with van der Waals surface area (Å²) in [4.78, 5) is 16.9. The molecule has 1 fully saturated rings. The molecule has 0 atom stereocenters. The van der Waals surface area contributed by atoms with Crippen LogP contribution < -0.4 is 16.2 Å². The number of aliphatic imine (C=N–C) groups is 1. The van der Waals surface area contributed by atoms with Crippen LogP contribution in [0.15, 0.2) is 47.5 Å². The average Bonchev–Trinajstić information content (AvgIpc) is 2.69. The number of hydrogen-bond acceptors (Lipinski definition) is 3. The number of guanidine groups is 1. The fourth-order valence-electron chi connectivity index (χ4n) is 3.50. The number of halogens is 2. The van der Waals surface area contributed by atoms with Crippen LogP contribution in [0.1, 0.15) is 25.7 Å². The Morgan fingerprint density at radius 1 is 1.07 bits per heavy atom. The van der Waals surface area contributed by atoms with Crippen LogP contribution in [-0.2, 0) is 4.79 Å². The molecule has 5 nitrogen and oxygen atoms in total. The van der Waals surface area contributed by atoms with Crippen molar-refractivity contribution in [3.05, 3.63) is 52.5 Å². The van der Waals surface area contributed by atoms with Crippen LogP contribution in [0.5, 0.6) is 5.75 Å². The number of nitrogens with zero attached hydrogens (tertiary/aromatic N) is 1. The standard InChI is InChI=1S/C21H23Cl2N3O2/c22-16-10-17(14-4-2-1-3-5-14)19(18(23)11-16)28-20(27)15-8-6-13(7-9-15)12-26-21(24)25/h1-5,10-11,13,15H,6-9,12H2,(H4,24,25,26). The maximum atomic E-state index is 12.8. The Hall–Kier alpha value is -2.24. The Kier molecular flexibility index (Phi) is 6.81. The highest BCUT2D eigenvalue weighted by atomic mass is 35.5. The van der Waals surface area contributed by atoms with Crippen molar-refractivity contribution in [2.45, 2.75) is 25.7 Å². The van der Waals surface area contributed by atoms with Gasteiger partial charge in [0.2, 0.25) is 0 Å². The second-order valence-corrected chi connectivity index (χ2v) is 7.88. The zero-order chi connectivity index (χ0) is 20.1. The number of ether oxygens (including phenoxy) is 1. The minimum Gasteiger partial charge on any atom is -0.424 e. The summed E-state index contributed by atoms with van der Waals surface area (Å²) in [6.45, 7) is 0.602. The summed E-state index contributed by atoms with van der Waals surface area (Å²) in [6.07, 6.45) is 3.26. The van der Waals surface area contributed by atoms with Crippen molar-refractivity contribution in [3.63, 3.8) is 0 Å². The molecular formula is C21H23Cl2N3O2. The second-order valence-electron chi connectivity index (χ2n) is 7.03. The van der Waals surface area contributed by atoms with E-state index in [1.54, 1.807) is 12.1 Å². The summed E-state index contributed by atoms with van der Waals surface area (Å²) in [5.74, 6) is 0.426. The van der Waals surface area contributed by atoms with E-state index >= 15 is 0 Å². The van der Waals surface area contributed by atoms with Gasteiger partial charge >= 0.3 is 5.97 Å². The molecule has 0 spiro atoms. The van der Waals surface area contributed by atoms with Crippen molar-refractivity contribution in [3.8, 4) is 16.9 Å². The fraction of sp³-hybridized carbons (Fsp3) is 0.333. The molecule has 0 aromatic heterocycles. The average molecular weight is 420 g/mol. The van der Waals surface area contributed by atoms with Gasteiger partial charge in [0.25, 0.3) is 0 Å². The van der Waals surface area contributed by atoms with Crippen molar-refractivity contribution in [1.82, 2.24) is 0 Å². The monoisotopic (exact) mass is 419 g/mol. The molecule has 0 amide bonds. The molecule has 0 bridgehead atoms. The molecule has 1 aliphatic rings. The lowest BCUT2D eigenvalue weighted by Gasteiger charge is -2.26. The maximum Gasteiger partial charge on any atom is 0.314 e. The predicted octanol–water partition coefficient (Wildman–Crippen LogP) is 4.65. The van der Waals surface area contributed by atoms with E-state index in [-0.39, 0.29) is 17.8 Å². The van der Waals surface area contributed by atoms with Crippen LogP contribution in [0.25, 0.3) is 11.1 Å². The highest BCUT2D eigenvalue weighted by molar-refractivity contribution is 6.36. The zero-order valence-corrected chi connectivity index (χ0v) is 16.9. The van der Waals surface area contributed by atoms with Gasteiger partial charge < -0.3 is 16.2 Å². The third kappa shape index (κ3) is 5.18. The van der Waals surface area contributed by atoms with Gasteiger partial charge in [0.15, 0.2) is 11.7 Å². The summed E-state index contributed by atoms with van der Waals surface area (Å²) in [6, 6.07) is 12.9. The van der Waals surface area contributed by atoms with Crippen LogP contribution in [0.3, 0.4) is 0 Å². The van der Waals surface area contributed by atoms with Crippen LogP contribution >= 0.6 is 23.2 Å². The van der Waals surface area contributed by atoms with E-state index in [1.165, 1.54) is 0 Å². The van der Waals surface area contributed by atoms with E-state index in [1.807, 2.05) is 30.3 Å². The Morgan fingerprint density at radius 2 is 1.75 bits per heavy atom. The smallest absolute Gasteiger partial charge is 0.314 e. The van der Waals surface area contributed by atoms with Crippen molar-refractivity contribution >= 4 is 35.1 Å². The quantitative estimate of drug-likeness (QED) is 0.319. The summed E-state index contributed by atoms with van der Waals surface area (Å²) in [7, 11) is 0. The molecule has 28 heavy (non-hydrogen) atoms. The van der Waals surface area contributed by atoms with Gasteiger partial charge in [-0.3, -0.25) is 9.79 Å². The number of hydrogen-bond donors (Lipinski definition) is 2. The molecule has 148 valence electrons. The Morgan fingerprint density at radius 3 is 2.39 bits per heavy atom. The third-order valence-electron chi connectivity index (χ3n) is 5.01. The molecule has 4 N–H and O–H groups in total. The van der Waals surface area contributed by atoms with Gasteiger partial charge in [0.1, 0.15) is 0 Å². The lowest BCUT2D eigenvalue weighted by Crippen LogP contribution is -2.28. The number of benzene rings is 2. The highest BCUT2D eigenvalue weighted by Gasteiger charge is 2.29. The number of carbonyl (C=O) groups excluding carboxylic acids is 1. The van der Waals surface area contributed by atoms with E-state index in [9.17, 15) is 4.79 Å². The van der Waals surface area contributed by atoms with Gasteiger partial charge in [-0.05, 0) is 49.3 Å². The molecule has 1 aliphatic carbocycles. The van der Waals surface area contributed by atoms with Crippen LogP contribution in [0.4, 0.5) is 0 Å². The van der Waals surface area contributed by atoms with Gasteiger partial charge in [0, 0.05) is 17.1 Å². The molecule has 0 aliphatic heterocycles. The first-order valence-corrected chi connectivity index (χ1v) is 10.0. The largest absolute Gasteiger partial charge is 0.424 e. The Balaban J connectivity index is 1.72. The van der Waals surface area contributed by atoms with Crippen molar-refractivity contribution in [1.29, 1.82) is 0 Å². The predicted molar refractivity (Wildman–Crippen MR) is 114 cm³/mol. The molecule has 7 heteroatoms. The minimum absolute atomic E-state index is 0.104. The molecule has 2 aromatic carbocycles. The van der Waals surface area contributed by atoms with Crippen molar-refractivity contribution < 1.29 is 9.53 Å². The second kappa shape index (κ2) is 9.30. The third-order valence-corrected chi connectivity index (χ3v) is 5.51. The summed E-state index contributed by atoms with van der Waals surface area (Å²) >= 11 is 12.5. The highest BCUT2D eigenvalue weighted by Crippen LogP contribution is 2.40. The van der Waals surface area contributed by atoms with Gasteiger partial charge in [0.05, 0.1) is 10.9 Å². The normalized spacial score (nSPS) is 19.1. The Labute approximate surface area is 174 Å². The molecule has 1 saturated carbocycles. The molecule has 0 heterocycles. The van der Waals surface area contributed by atoms with Gasteiger partial charge in [-0.15, -0.1) is 0 Å². The SMILES string of the molecule is NC(N)=NCC1CCC(C(=O)Oc2c(Cl)cc(Cl)cc2-c2ccccc2)CC1. The molecule has 0 unspecified atom stereocenters. The van der Waals surface area contributed by atoms with Crippen molar-refractivity contribution in [2.75, 3.05) is 6.54 Å². The van der Waals surface area contributed by atoms with E-state index in [2.05, 4.69) is 4.99 Å². The first kappa shape index (κ1) is 20.5. The number of nitrogens with two attached hydrogens (primary N) is 2. The number of carbonyl (C=O) groups is 1. The minimum atomic E-state index is -0.262. The van der Waals surface area contributed by atoms with Gasteiger partial charge in [-0.1, -0.05) is 53.5 Å². The summed E-state index contributed by atoms with van der Waals surface area (Å²) in [5, 5.41) is 0.810. The first-order chi connectivity index (χ1) is 13.4. The van der Waals surface area contributed by atoms with Crippen LogP contribution in [0.2, 0.25) is 10.0 Å². The summed E-state index contributed by atoms with van der Waals surface area (Å²) < 4.78 is 5.76. The molecular weight excluding hydrogens is 397 g/mol. The van der Waals surface area contributed by atoms with E-state index < -0.39 is 0 Å². The Bertz CT molecular complexity index is 859. The van der Waals surface area contributed by atoms with E-state index in [0.717, 1.165) is 31.2 Å². The first-order valence-electron chi connectivity index (χ1n) is 9.25. The van der Waals surface area contributed by atoms with Crippen LogP contribution in [-0.4, -0.2) is 18.5 Å². The van der Waals surface area contributed by atoms with E-state index in [0.29, 0.717) is 33.8 Å². The maximum absolute atomic E-state index is 12.8. The van der Waals surface area contributed by atoms with Crippen molar-refractivity contribution in [2.24, 2.45) is 28.3 Å². The van der Waals surface area contributed by atoms with Gasteiger partial charge in [-0.2, -0.15) is 0 Å². The number of rotatable bonds is 5. The summed E-state index contributed by atoms with van der Waals surface area (Å²) in [5.41, 5.74) is 12.4. The lowest BCUT2D eigenvalue weighted by molar-refractivity contribution is -0.140. The number of esters is 1. The molecule has 0 saturated heterocycles. The van der Waals surface area contributed by atoms with Crippen LogP contribution in [0, 0.1) is 11.8 Å². The topological polar surface area (TPSA) is 90.7 Å². The van der Waals surface area contributed by atoms with E-state index in [4.69, 9.17) is 39.4 Å².